The van der Waals surface area contributed by atoms with Crippen molar-refractivity contribution in [3.63, 3.8) is 0 Å². The molecular formula is C16H22N6. The molecule has 1 aliphatic rings. The number of piperazine rings is 1. The number of nitrogens with zero attached hydrogens (tertiary/aromatic N) is 6. The molecule has 6 heteroatoms. The molecule has 0 amide bonds. The van der Waals surface area contributed by atoms with Crippen LogP contribution in [-0.4, -0.2) is 46.3 Å². The van der Waals surface area contributed by atoms with Gasteiger partial charge in [0.25, 0.3) is 0 Å². The summed E-state index contributed by atoms with van der Waals surface area (Å²) >= 11 is 0. The quantitative estimate of drug-likeness (QED) is 0.861. The highest BCUT2D eigenvalue weighted by Gasteiger charge is 2.21. The summed E-state index contributed by atoms with van der Waals surface area (Å²) in [7, 11) is 0. The molecule has 0 N–H and O–H groups in total. The predicted octanol–water partition coefficient (Wildman–Crippen LogP) is 1.77. The van der Waals surface area contributed by atoms with Crippen molar-refractivity contribution >= 4 is 11.6 Å². The predicted molar refractivity (Wildman–Crippen MR) is 87.3 cm³/mol. The van der Waals surface area contributed by atoms with Crippen LogP contribution in [0.1, 0.15) is 23.7 Å². The maximum Gasteiger partial charge on any atom is 0.154 e. The van der Waals surface area contributed by atoms with E-state index in [0.29, 0.717) is 0 Å². The summed E-state index contributed by atoms with van der Waals surface area (Å²) in [4.78, 5) is 13.3. The normalized spacial score (nSPS) is 15.2. The summed E-state index contributed by atoms with van der Waals surface area (Å²) in [6.07, 6.45) is 4.42. The van der Waals surface area contributed by atoms with E-state index < -0.39 is 0 Å². The van der Waals surface area contributed by atoms with Crippen LogP contribution in [0, 0.1) is 13.8 Å². The molecule has 3 rings (SSSR count). The first kappa shape index (κ1) is 14.7. The molecule has 0 aliphatic carbocycles. The summed E-state index contributed by atoms with van der Waals surface area (Å²) in [5, 5.41) is 8.41. The Labute approximate surface area is 131 Å². The standard InChI is InChI=1S/C16H22N6/c1-4-14-9-15(18-11-17-14)21-5-7-22(8-6-21)16-13(3)12(2)10-19-20-16/h9-11H,4-8H2,1-3H3. The maximum absolute atomic E-state index is 4.41. The fourth-order valence-electron chi connectivity index (χ4n) is 2.72. The second kappa shape index (κ2) is 6.25. The summed E-state index contributed by atoms with van der Waals surface area (Å²) < 4.78 is 0. The number of aromatic nitrogens is 4. The lowest BCUT2D eigenvalue weighted by Crippen LogP contribution is -2.47. The lowest BCUT2D eigenvalue weighted by molar-refractivity contribution is 0.634. The third-order valence-electron chi connectivity index (χ3n) is 4.31. The fraction of sp³-hybridized carbons (Fsp3) is 0.500. The highest BCUT2D eigenvalue weighted by molar-refractivity contribution is 5.50. The minimum atomic E-state index is 0.935. The van der Waals surface area contributed by atoms with Crippen molar-refractivity contribution in [1.82, 2.24) is 20.2 Å². The Morgan fingerprint density at radius 3 is 2.50 bits per heavy atom. The van der Waals surface area contributed by atoms with Crippen molar-refractivity contribution in [3.05, 3.63) is 35.4 Å². The lowest BCUT2D eigenvalue weighted by Gasteiger charge is -2.36. The van der Waals surface area contributed by atoms with Gasteiger partial charge in [0, 0.05) is 37.9 Å². The molecule has 0 radical (unpaired) electrons. The largest absolute Gasteiger partial charge is 0.353 e. The van der Waals surface area contributed by atoms with Gasteiger partial charge in [0.1, 0.15) is 12.1 Å². The van der Waals surface area contributed by atoms with E-state index in [0.717, 1.165) is 49.9 Å². The Bertz CT molecular complexity index is 649. The first-order valence-electron chi connectivity index (χ1n) is 7.78. The van der Waals surface area contributed by atoms with E-state index in [1.54, 1.807) is 6.33 Å². The molecular weight excluding hydrogens is 276 g/mol. The Morgan fingerprint density at radius 1 is 1.05 bits per heavy atom. The van der Waals surface area contributed by atoms with Crippen LogP contribution in [0.25, 0.3) is 0 Å². The van der Waals surface area contributed by atoms with Gasteiger partial charge < -0.3 is 9.80 Å². The van der Waals surface area contributed by atoms with Crippen LogP contribution in [0.2, 0.25) is 0 Å². The molecule has 0 spiro atoms. The van der Waals surface area contributed by atoms with Gasteiger partial charge in [-0.25, -0.2) is 9.97 Å². The zero-order valence-electron chi connectivity index (χ0n) is 13.5. The lowest BCUT2D eigenvalue weighted by atomic mass is 10.2. The summed E-state index contributed by atoms with van der Waals surface area (Å²) in [5.41, 5.74) is 3.50. The van der Waals surface area contributed by atoms with Gasteiger partial charge in [0.05, 0.1) is 6.20 Å². The summed E-state index contributed by atoms with van der Waals surface area (Å²) in [5.74, 6) is 2.04. The molecule has 0 atom stereocenters. The van der Waals surface area contributed by atoms with E-state index in [2.05, 4.69) is 56.8 Å². The van der Waals surface area contributed by atoms with E-state index in [4.69, 9.17) is 0 Å². The van der Waals surface area contributed by atoms with Gasteiger partial charge in [-0.2, -0.15) is 5.10 Å². The van der Waals surface area contributed by atoms with Crippen molar-refractivity contribution in [2.75, 3.05) is 36.0 Å². The van der Waals surface area contributed by atoms with Crippen LogP contribution in [-0.2, 0) is 6.42 Å². The Morgan fingerprint density at radius 2 is 1.77 bits per heavy atom. The first-order chi connectivity index (χ1) is 10.7. The van der Waals surface area contributed by atoms with Crippen LogP contribution in [0.4, 0.5) is 11.6 Å². The SMILES string of the molecule is CCc1cc(N2CCN(c3nncc(C)c3C)CC2)ncn1. The van der Waals surface area contributed by atoms with Crippen LogP contribution in [0.15, 0.2) is 18.6 Å². The number of aryl methyl sites for hydroxylation is 2. The first-order valence-corrected chi connectivity index (χ1v) is 7.78. The third-order valence-corrected chi connectivity index (χ3v) is 4.31. The molecule has 0 saturated carbocycles. The Kier molecular flexibility index (Phi) is 4.18. The second-order valence-corrected chi connectivity index (χ2v) is 5.67. The van der Waals surface area contributed by atoms with Gasteiger partial charge in [-0.3, -0.25) is 0 Å². The van der Waals surface area contributed by atoms with E-state index in [1.807, 2.05) is 6.20 Å². The molecule has 1 aliphatic heterocycles. The van der Waals surface area contributed by atoms with Crippen LogP contribution in [0.5, 0.6) is 0 Å². The Balaban J connectivity index is 1.71. The topological polar surface area (TPSA) is 58.0 Å². The van der Waals surface area contributed by atoms with Crippen molar-refractivity contribution in [3.8, 4) is 0 Å². The molecule has 6 nitrogen and oxygen atoms in total. The molecule has 116 valence electrons. The maximum atomic E-state index is 4.41. The highest BCUT2D eigenvalue weighted by atomic mass is 15.3. The van der Waals surface area contributed by atoms with E-state index in [1.165, 1.54) is 11.1 Å². The number of anilines is 2. The molecule has 0 bridgehead atoms. The third kappa shape index (κ3) is 2.86. The van der Waals surface area contributed by atoms with Crippen molar-refractivity contribution < 1.29 is 0 Å². The van der Waals surface area contributed by atoms with Crippen LogP contribution in [0.3, 0.4) is 0 Å². The average molecular weight is 298 g/mol. The van der Waals surface area contributed by atoms with Gasteiger partial charge in [-0.15, -0.1) is 5.10 Å². The molecule has 2 aromatic rings. The van der Waals surface area contributed by atoms with Crippen molar-refractivity contribution in [2.24, 2.45) is 0 Å². The van der Waals surface area contributed by atoms with Crippen molar-refractivity contribution in [2.45, 2.75) is 27.2 Å². The molecule has 1 fully saturated rings. The fourth-order valence-corrected chi connectivity index (χ4v) is 2.72. The number of hydrogen-bond acceptors (Lipinski definition) is 6. The monoisotopic (exact) mass is 298 g/mol. The smallest absolute Gasteiger partial charge is 0.154 e. The molecule has 0 unspecified atom stereocenters. The summed E-state index contributed by atoms with van der Waals surface area (Å²) in [6.45, 7) is 10.1. The van der Waals surface area contributed by atoms with Crippen LogP contribution < -0.4 is 9.80 Å². The Hall–Kier alpha value is -2.24. The minimum Gasteiger partial charge on any atom is -0.353 e. The van der Waals surface area contributed by atoms with Crippen molar-refractivity contribution in [1.29, 1.82) is 0 Å². The molecule has 3 heterocycles. The zero-order chi connectivity index (χ0) is 15.5. The zero-order valence-corrected chi connectivity index (χ0v) is 13.5. The summed E-state index contributed by atoms with van der Waals surface area (Å²) in [6, 6.07) is 2.09. The van der Waals surface area contributed by atoms with Gasteiger partial charge in [-0.05, 0) is 31.4 Å². The van der Waals surface area contributed by atoms with E-state index in [-0.39, 0.29) is 0 Å². The molecule has 1 saturated heterocycles. The van der Waals surface area contributed by atoms with Gasteiger partial charge in [-0.1, -0.05) is 6.92 Å². The molecule has 22 heavy (non-hydrogen) atoms. The molecule has 2 aromatic heterocycles. The number of rotatable bonds is 3. The van der Waals surface area contributed by atoms with Crippen LogP contribution >= 0.6 is 0 Å². The average Bonchev–Trinajstić information content (AvgIpc) is 2.58. The van der Waals surface area contributed by atoms with Gasteiger partial charge in [0.2, 0.25) is 0 Å². The molecule has 0 aromatic carbocycles. The minimum absolute atomic E-state index is 0.935. The van der Waals surface area contributed by atoms with E-state index >= 15 is 0 Å². The highest BCUT2D eigenvalue weighted by Crippen LogP contribution is 2.21. The van der Waals surface area contributed by atoms with Gasteiger partial charge >= 0.3 is 0 Å². The number of hydrogen-bond donors (Lipinski definition) is 0. The van der Waals surface area contributed by atoms with Gasteiger partial charge in [0.15, 0.2) is 5.82 Å². The van der Waals surface area contributed by atoms with E-state index in [9.17, 15) is 0 Å². The second-order valence-electron chi connectivity index (χ2n) is 5.67.